The van der Waals surface area contributed by atoms with Gasteiger partial charge >= 0.3 is 0 Å². The van der Waals surface area contributed by atoms with Crippen molar-refractivity contribution in [2.45, 2.75) is 57.7 Å². The first-order valence-electron chi connectivity index (χ1n) is 7.42. The summed E-state index contributed by atoms with van der Waals surface area (Å²) in [6.07, 6.45) is 5.56. The molecule has 2 nitrogen and oxygen atoms in total. The van der Waals surface area contributed by atoms with Crippen LogP contribution < -0.4 is 0 Å². The summed E-state index contributed by atoms with van der Waals surface area (Å²) in [5.41, 5.74) is 1.19. The summed E-state index contributed by atoms with van der Waals surface area (Å²) in [5, 5.41) is 10.9. The Hall–Kier alpha value is -0.280. The number of halogens is 2. The minimum absolute atomic E-state index is 0.241. The molecule has 1 aromatic rings. The van der Waals surface area contributed by atoms with Gasteiger partial charge in [-0.1, -0.05) is 42.1 Å². The molecule has 2 rings (SSSR count). The third-order valence-corrected chi connectivity index (χ3v) is 4.72. The highest BCUT2D eigenvalue weighted by atomic mass is 35.5. The fourth-order valence-corrected chi connectivity index (χ4v) is 3.30. The van der Waals surface area contributed by atoms with E-state index in [4.69, 9.17) is 23.2 Å². The van der Waals surface area contributed by atoms with E-state index in [-0.39, 0.29) is 6.10 Å². The van der Waals surface area contributed by atoms with Gasteiger partial charge in [0.15, 0.2) is 0 Å². The zero-order valence-electron chi connectivity index (χ0n) is 12.0. The monoisotopic (exact) mass is 315 g/mol. The molecule has 1 saturated heterocycles. The molecule has 4 heteroatoms. The summed E-state index contributed by atoms with van der Waals surface area (Å²) in [6, 6.07) is 6.32. The molecule has 112 valence electrons. The Morgan fingerprint density at radius 2 is 2.05 bits per heavy atom. The van der Waals surface area contributed by atoms with Crippen LogP contribution in [0, 0.1) is 0 Å². The molecule has 1 N–H and O–H groups in total. The molecule has 2 atom stereocenters. The lowest BCUT2D eigenvalue weighted by Gasteiger charge is -2.31. The van der Waals surface area contributed by atoms with E-state index in [2.05, 4.69) is 4.90 Å². The lowest BCUT2D eigenvalue weighted by Crippen LogP contribution is -2.36. The highest BCUT2D eigenvalue weighted by molar-refractivity contribution is 6.42. The Morgan fingerprint density at radius 1 is 1.25 bits per heavy atom. The molecular formula is C16H23Cl2NO. The largest absolute Gasteiger partial charge is 0.393 e. The molecule has 0 saturated carbocycles. The van der Waals surface area contributed by atoms with Crippen LogP contribution in [0.4, 0.5) is 0 Å². The molecule has 1 aromatic carbocycles. The second-order valence-electron chi connectivity index (χ2n) is 5.81. The van der Waals surface area contributed by atoms with E-state index >= 15 is 0 Å². The number of hydrogen-bond donors (Lipinski definition) is 1. The van der Waals surface area contributed by atoms with Crippen molar-refractivity contribution in [3.63, 3.8) is 0 Å². The van der Waals surface area contributed by atoms with E-state index in [9.17, 15) is 5.11 Å². The number of likely N-dealkylation sites (tertiary alicyclic amines) is 1. The molecule has 2 unspecified atom stereocenters. The van der Waals surface area contributed by atoms with Crippen LogP contribution in [0.15, 0.2) is 18.2 Å². The van der Waals surface area contributed by atoms with Gasteiger partial charge in [-0.15, -0.1) is 0 Å². The van der Waals surface area contributed by atoms with E-state index in [0.29, 0.717) is 16.1 Å². The smallest absolute Gasteiger partial charge is 0.0595 e. The van der Waals surface area contributed by atoms with Crippen molar-refractivity contribution in [3.8, 4) is 0 Å². The van der Waals surface area contributed by atoms with E-state index in [0.717, 1.165) is 19.5 Å². The molecule has 1 heterocycles. The standard InChI is InChI=1S/C16H23Cl2NO/c1-12(20)9-14-5-3-2-4-8-19(14)11-13-6-7-15(17)16(18)10-13/h6-7,10,12,14,20H,2-5,8-9,11H2,1H3. The quantitative estimate of drug-likeness (QED) is 0.883. The molecular weight excluding hydrogens is 293 g/mol. The lowest BCUT2D eigenvalue weighted by atomic mass is 10.0. The van der Waals surface area contributed by atoms with Gasteiger partial charge in [0.25, 0.3) is 0 Å². The molecule has 0 spiro atoms. The van der Waals surface area contributed by atoms with E-state index in [1.165, 1.54) is 31.2 Å². The third-order valence-electron chi connectivity index (χ3n) is 3.98. The second-order valence-corrected chi connectivity index (χ2v) is 6.62. The average molecular weight is 316 g/mol. The molecule has 1 fully saturated rings. The average Bonchev–Trinajstić information content (AvgIpc) is 2.59. The Labute approximate surface area is 131 Å². The van der Waals surface area contributed by atoms with E-state index in [1.54, 1.807) is 0 Å². The van der Waals surface area contributed by atoms with Crippen molar-refractivity contribution in [2.24, 2.45) is 0 Å². The molecule has 20 heavy (non-hydrogen) atoms. The summed E-state index contributed by atoms with van der Waals surface area (Å²) in [7, 11) is 0. The van der Waals surface area contributed by atoms with Crippen molar-refractivity contribution >= 4 is 23.2 Å². The zero-order chi connectivity index (χ0) is 14.5. The highest BCUT2D eigenvalue weighted by Crippen LogP contribution is 2.26. The number of nitrogens with zero attached hydrogens (tertiary/aromatic N) is 1. The molecule has 0 aromatic heterocycles. The van der Waals surface area contributed by atoms with Crippen LogP contribution in [0.1, 0.15) is 44.6 Å². The zero-order valence-corrected chi connectivity index (χ0v) is 13.5. The Kier molecular flexibility index (Phi) is 6.16. The first-order valence-corrected chi connectivity index (χ1v) is 8.18. The fraction of sp³-hybridized carbons (Fsp3) is 0.625. The van der Waals surface area contributed by atoms with E-state index < -0.39 is 0 Å². The van der Waals surface area contributed by atoms with E-state index in [1.807, 2.05) is 25.1 Å². The Bertz CT molecular complexity index is 436. The third kappa shape index (κ3) is 4.63. The molecule has 0 aliphatic carbocycles. The number of aliphatic hydroxyl groups excluding tert-OH is 1. The number of aliphatic hydroxyl groups is 1. The van der Waals surface area contributed by atoms with Gasteiger partial charge in [0.2, 0.25) is 0 Å². The van der Waals surface area contributed by atoms with Crippen molar-refractivity contribution < 1.29 is 5.11 Å². The molecule has 0 radical (unpaired) electrons. The lowest BCUT2D eigenvalue weighted by molar-refractivity contribution is 0.108. The maximum atomic E-state index is 9.70. The summed E-state index contributed by atoms with van der Waals surface area (Å²) in [5.74, 6) is 0. The first-order chi connectivity index (χ1) is 9.56. The SMILES string of the molecule is CC(O)CC1CCCCCN1Cc1ccc(Cl)c(Cl)c1. The molecule has 1 aliphatic rings. The van der Waals surface area contributed by atoms with Crippen LogP contribution in [0.25, 0.3) is 0 Å². The Morgan fingerprint density at radius 3 is 2.75 bits per heavy atom. The minimum Gasteiger partial charge on any atom is -0.393 e. The van der Waals surface area contributed by atoms with Crippen LogP contribution in [0.2, 0.25) is 10.0 Å². The number of hydrogen-bond acceptors (Lipinski definition) is 2. The highest BCUT2D eigenvalue weighted by Gasteiger charge is 2.22. The normalized spacial score (nSPS) is 22.5. The maximum Gasteiger partial charge on any atom is 0.0595 e. The predicted molar refractivity (Wildman–Crippen MR) is 85.4 cm³/mol. The van der Waals surface area contributed by atoms with Gasteiger partial charge in [0, 0.05) is 12.6 Å². The number of rotatable bonds is 4. The number of benzene rings is 1. The van der Waals surface area contributed by atoms with Gasteiger partial charge in [-0.3, -0.25) is 4.90 Å². The topological polar surface area (TPSA) is 23.5 Å². The Balaban J connectivity index is 2.07. The fourth-order valence-electron chi connectivity index (χ4n) is 2.98. The second kappa shape index (κ2) is 7.65. The van der Waals surface area contributed by atoms with Gasteiger partial charge < -0.3 is 5.11 Å². The summed E-state index contributed by atoms with van der Waals surface area (Å²) in [4.78, 5) is 2.49. The van der Waals surface area contributed by atoms with Crippen LogP contribution in [-0.4, -0.2) is 28.7 Å². The van der Waals surface area contributed by atoms with Crippen molar-refractivity contribution in [3.05, 3.63) is 33.8 Å². The summed E-state index contributed by atoms with van der Waals surface area (Å²) in [6.45, 7) is 3.86. The summed E-state index contributed by atoms with van der Waals surface area (Å²) < 4.78 is 0. The van der Waals surface area contributed by atoms with Crippen LogP contribution >= 0.6 is 23.2 Å². The molecule has 0 bridgehead atoms. The van der Waals surface area contributed by atoms with Crippen molar-refractivity contribution in [1.82, 2.24) is 4.90 Å². The van der Waals surface area contributed by atoms with Crippen LogP contribution in [0.3, 0.4) is 0 Å². The van der Waals surface area contributed by atoms with Gasteiger partial charge in [0.1, 0.15) is 0 Å². The van der Waals surface area contributed by atoms with Crippen molar-refractivity contribution in [1.29, 1.82) is 0 Å². The molecule has 0 amide bonds. The first kappa shape index (κ1) is 16.1. The maximum absolute atomic E-state index is 9.70. The van der Waals surface area contributed by atoms with Gasteiger partial charge in [-0.25, -0.2) is 0 Å². The van der Waals surface area contributed by atoms with Gasteiger partial charge in [-0.05, 0) is 50.4 Å². The van der Waals surface area contributed by atoms with Crippen molar-refractivity contribution in [2.75, 3.05) is 6.54 Å². The predicted octanol–water partition coefficient (Wildman–Crippen LogP) is 4.51. The summed E-state index contributed by atoms with van der Waals surface area (Å²) >= 11 is 12.1. The molecule has 1 aliphatic heterocycles. The van der Waals surface area contributed by atoms with Gasteiger partial charge in [0.05, 0.1) is 16.1 Å². The minimum atomic E-state index is -0.241. The van der Waals surface area contributed by atoms with Crippen LogP contribution in [0.5, 0.6) is 0 Å². The van der Waals surface area contributed by atoms with Crippen LogP contribution in [-0.2, 0) is 6.54 Å². The van der Waals surface area contributed by atoms with Gasteiger partial charge in [-0.2, -0.15) is 0 Å².